The Labute approximate surface area is 245 Å². The van der Waals surface area contributed by atoms with Crippen LogP contribution in [0.4, 0.5) is 17.6 Å². The summed E-state index contributed by atoms with van der Waals surface area (Å²) < 4.78 is 63.9. The Bertz CT molecular complexity index is 829. The summed E-state index contributed by atoms with van der Waals surface area (Å²) in [6, 6.07) is 5.67. The normalized spacial score (nSPS) is 35.2. The zero-order valence-corrected chi connectivity index (χ0v) is 24.8. The van der Waals surface area contributed by atoms with Crippen molar-refractivity contribution in [3.63, 3.8) is 0 Å². The Hall–Kier alpha value is -1.46. The van der Waals surface area contributed by atoms with E-state index in [4.69, 9.17) is 4.74 Å². The van der Waals surface area contributed by atoms with E-state index in [0.717, 1.165) is 55.3 Å². The van der Waals surface area contributed by atoms with E-state index < -0.39 is 25.1 Å². The molecule has 1 aromatic rings. The molecule has 0 aromatic heterocycles. The fraction of sp³-hybridized carbons (Fsp3) is 0.824. The molecule has 0 bridgehead atoms. The van der Waals surface area contributed by atoms with Crippen molar-refractivity contribution in [1.82, 2.24) is 0 Å². The molecular weight excluding hydrogens is 516 g/mol. The number of benzene rings is 1. The molecule has 0 radical (unpaired) electrons. The molecule has 0 saturated heterocycles. The highest BCUT2D eigenvalue weighted by Crippen LogP contribution is 2.45. The maximum Gasteiger partial charge on any atom is 0.400 e. The van der Waals surface area contributed by atoms with Gasteiger partial charge < -0.3 is 9.47 Å². The third kappa shape index (κ3) is 9.28. The van der Waals surface area contributed by atoms with Gasteiger partial charge in [0, 0.05) is 5.71 Å². The average Bonchev–Trinajstić information content (AvgIpc) is 2.96. The van der Waals surface area contributed by atoms with Crippen molar-refractivity contribution in [2.24, 2.45) is 41.4 Å². The zero-order chi connectivity index (χ0) is 28.5. The molecule has 4 fully saturated rings. The molecule has 236 valence electrons. The highest BCUT2D eigenvalue weighted by molar-refractivity contribution is 5.31. The predicted molar refractivity (Wildman–Crippen MR) is 162 cm³/mol. The van der Waals surface area contributed by atoms with E-state index in [0.29, 0.717) is 24.5 Å². The lowest BCUT2D eigenvalue weighted by atomic mass is 9.69. The van der Waals surface area contributed by atoms with Gasteiger partial charge in [-0.1, -0.05) is 39.5 Å². The van der Waals surface area contributed by atoms with Gasteiger partial charge in [-0.05, 0) is 137 Å². The Morgan fingerprint density at radius 3 is 1.43 bits per heavy atom. The van der Waals surface area contributed by atoms with Crippen molar-refractivity contribution in [2.75, 3.05) is 6.86 Å². The highest BCUT2D eigenvalue weighted by Gasteiger charge is 2.45. The summed E-state index contributed by atoms with van der Waals surface area (Å²) in [4.78, 5) is 0. The molecule has 4 aliphatic rings. The van der Waals surface area contributed by atoms with Crippen LogP contribution in [0.2, 0.25) is 0 Å². The van der Waals surface area contributed by atoms with E-state index in [9.17, 15) is 17.6 Å². The summed E-state index contributed by atoms with van der Waals surface area (Å²) in [6.07, 6.45) is 13.9. The molecule has 0 unspecified atom stereocenters. The van der Waals surface area contributed by atoms with E-state index in [-0.39, 0.29) is 11.5 Å². The monoisotopic (exact) mass is 576 g/mol. The maximum atomic E-state index is 14.6. The minimum Gasteiger partial charge on any atom is -0.463 e. The Balaban J connectivity index is 0.000000884. The molecule has 0 atom stereocenters. The minimum absolute atomic E-state index is 0. The van der Waals surface area contributed by atoms with Crippen LogP contribution in [0, 0.1) is 41.4 Å². The van der Waals surface area contributed by atoms with Gasteiger partial charge in [0.15, 0.2) is 0 Å². The van der Waals surface area contributed by atoms with Crippen LogP contribution in [0.5, 0.6) is 11.5 Å². The van der Waals surface area contributed by atoms with Crippen molar-refractivity contribution >= 4 is 0 Å². The average molecular weight is 577 g/mol. The largest absolute Gasteiger partial charge is 0.463 e. The Morgan fingerprint density at radius 2 is 1.00 bits per heavy atom. The van der Waals surface area contributed by atoms with Crippen LogP contribution in [-0.4, -0.2) is 19.1 Å². The summed E-state index contributed by atoms with van der Waals surface area (Å²) in [5.74, 6) is 4.56. The molecule has 4 saturated carbocycles. The molecule has 0 N–H and O–H groups in total. The number of hydrogen-bond donors (Lipinski definition) is 0. The molecule has 0 spiro atoms. The SMILES string of the molecule is CC1CCC(C2CCC(C(F)(F)Oc3ccc(OCF)cc3)CC2)CC1.CC1CCC(C2CCC(F)CC2)CC1.[HH].[HH].[HH].[HH]. The highest BCUT2D eigenvalue weighted by atomic mass is 19.3. The van der Waals surface area contributed by atoms with Crippen molar-refractivity contribution < 1.29 is 32.7 Å². The van der Waals surface area contributed by atoms with Crippen LogP contribution in [0.15, 0.2) is 24.3 Å². The first kappa shape index (κ1) is 31.5. The molecule has 1 aromatic carbocycles. The second-order valence-corrected chi connectivity index (χ2v) is 13.6. The number of halogens is 4. The standard InChI is InChI=1S/C21H29F3O2.C13H23F.4H2/c1-15-2-4-16(5-3-15)17-6-8-18(9-7-17)21(23,24)26-20-12-10-19(11-13-20)25-14-22;1-10-2-4-11(5-3-10)12-6-8-13(14)9-7-12;;;;/h10-13,15-18H,2-9,14H2,1H3;10-13H,2-9H2,1H3;4*1H. The van der Waals surface area contributed by atoms with Gasteiger partial charge in [0.05, 0.1) is 5.92 Å². The van der Waals surface area contributed by atoms with Gasteiger partial charge in [0.1, 0.15) is 17.7 Å². The second-order valence-electron chi connectivity index (χ2n) is 13.6. The van der Waals surface area contributed by atoms with Gasteiger partial charge in [-0.3, -0.25) is 0 Å². The molecule has 0 amide bonds. The Kier molecular flexibility index (Phi) is 11.9. The molecule has 0 heterocycles. The molecule has 40 heavy (non-hydrogen) atoms. The smallest absolute Gasteiger partial charge is 0.400 e. The molecule has 0 aliphatic heterocycles. The van der Waals surface area contributed by atoms with Crippen molar-refractivity contribution in [3.05, 3.63) is 24.3 Å². The molecule has 6 heteroatoms. The zero-order valence-electron chi connectivity index (χ0n) is 24.8. The van der Waals surface area contributed by atoms with E-state index in [2.05, 4.69) is 18.6 Å². The summed E-state index contributed by atoms with van der Waals surface area (Å²) in [7, 11) is 0. The lowest BCUT2D eigenvalue weighted by Gasteiger charge is -2.38. The first-order valence-corrected chi connectivity index (χ1v) is 16.2. The van der Waals surface area contributed by atoms with Gasteiger partial charge in [-0.25, -0.2) is 8.78 Å². The van der Waals surface area contributed by atoms with Crippen molar-refractivity contribution in [3.8, 4) is 11.5 Å². The summed E-state index contributed by atoms with van der Waals surface area (Å²) in [5.41, 5.74) is 0. The first-order valence-electron chi connectivity index (χ1n) is 16.2. The van der Waals surface area contributed by atoms with E-state index >= 15 is 0 Å². The van der Waals surface area contributed by atoms with Gasteiger partial charge >= 0.3 is 6.11 Å². The summed E-state index contributed by atoms with van der Waals surface area (Å²) >= 11 is 0. The van der Waals surface area contributed by atoms with Gasteiger partial charge in [0.2, 0.25) is 6.86 Å². The van der Waals surface area contributed by atoms with Crippen LogP contribution in [0.1, 0.15) is 122 Å². The van der Waals surface area contributed by atoms with Crippen LogP contribution < -0.4 is 9.47 Å². The lowest BCUT2D eigenvalue weighted by molar-refractivity contribution is -0.224. The number of ether oxygens (including phenoxy) is 2. The van der Waals surface area contributed by atoms with Crippen LogP contribution in [0.3, 0.4) is 0 Å². The van der Waals surface area contributed by atoms with Gasteiger partial charge in [-0.2, -0.15) is 8.78 Å². The summed E-state index contributed by atoms with van der Waals surface area (Å²) in [5, 5.41) is 0. The number of hydrogen-bond acceptors (Lipinski definition) is 2. The molecule has 2 nitrogen and oxygen atoms in total. The number of rotatable bonds is 7. The third-order valence-corrected chi connectivity index (χ3v) is 10.7. The molecule has 4 aliphatic carbocycles. The van der Waals surface area contributed by atoms with Crippen LogP contribution in [-0.2, 0) is 0 Å². The van der Waals surface area contributed by atoms with E-state index in [1.54, 1.807) is 0 Å². The first-order chi connectivity index (χ1) is 19.2. The fourth-order valence-electron chi connectivity index (χ4n) is 7.90. The lowest BCUT2D eigenvalue weighted by Crippen LogP contribution is -2.38. The van der Waals surface area contributed by atoms with E-state index in [1.165, 1.54) is 88.5 Å². The van der Waals surface area contributed by atoms with Crippen molar-refractivity contribution in [1.29, 1.82) is 0 Å². The van der Waals surface area contributed by atoms with Crippen LogP contribution in [0.25, 0.3) is 0 Å². The van der Waals surface area contributed by atoms with E-state index in [1.807, 2.05) is 0 Å². The second kappa shape index (κ2) is 15.1. The molecular formula is C34H60F4O2. The topological polar surface area (TPSA) is 18.5 Å². The predicted octanol–water partition coefficient (Wildman–Crippen LogP) is 11.9. The molecule has 5 rings (SSSR count). The van der Waals surface area contributed by atoms with Gasteiger partial charge in [-0.15, -0.1) is 0 Å². The Morgan fingerprint density at radius 1 is 0.625 bits per heavy atom. The number of alkyl halides is 4. The van der Waals surface area contributed by atoms with Gasteiger partial charge in [0.25, 0.3) is 0 Å². The van der Waals surface area contributed by atoms with Crippen LogP contribution >= 0.6 is 0 Å². The quantitative estimate of drug-likeness (QED) is 0.301. The minimum atomic E-state index is -3.17. The third-order valence-electron chi connectivity index (χ3n) is 10.7. The van der Waals surface area contributed by atoms with Crippen molar-refractivity contribution in [2.45, 2.75) is 129 Å². The maximum absolute atomic E-state index is 14.6. The summed E-state index contributed by atoms with van der Waals surface area (Å²) in [6.45, 7) is 3.73. The fourth-order valence-corrected chi connectivity index (χ4v) is 7.90.